The van der Waals surface area contributed by atoms with Crippen LogP contribution in [0, 0.1) is 31.1 Å². The molecule has 1 aromatic rings. The molecule has 6 nitrogen and oxygen atoms in total. The van der Waals surface area contributed by atoms with Gasteiger partial charge in [0.2, 0.25) is 0 Å². The Hall–Kier alpha value is -2.94. The predicted molar refractivity (Wildman–Crippen MR) is 123 cm³/mol. The molecule has 3 rings (SSSR count). The molecular formula is C26H32N2O4. The molecule has 0 unspecified atom stereocenters. The fourth-order valence-electron chi connectivity index (χ4n) is 5.05. The Morgan fingerprint density at radius 2 is 1.69 bits per heavy atom. The van der Waals surface area contributed by atoms with E-state index < -0.39 is 5.92 Å². The van der Waals surface area contributed by atoms with Gasteiger partial charge in [-0.15, -0.1) is 5.92 Å². The molecule has 2 fully saturated rings. The maximum atomic E-state index is 13.3. The first-order chi connectivity index (χ1) is 15.2. The molecule has 0 aromatic heterocycles. The predicted octanol–water partition coefficient (Wildman–Crippen LogP) is 3.71. The van der Waals surface area contributed by atoms with Crippen LogP contribution in [0.1, 0.15) is 74.6 Å². The third-order valence-electron chi connectivity index (χ3n) is 6.51. The van der Waals surface area contributed by atoms with E-state index in [1.807, 2.05) is 26.0 Å². The number of nitrogens with zero attached hydrogens (tertiary/aromatic N) is 2. The molecule has 1 heterocycles. The van der Waals surface area contributed by atoms with E-state index in [-0.39, 0.29) is 29.5 Å². The van der Waals surface area contributed by atoms with Crippen LogP contribution in [0.2, 0.25) is 0 Å². The summed E-state index contributed by atoms with van der Waals surface area (Å²) in [5, 5.41) is 3.80. The third-order valence-corrected chi connectivity index (χ3v) is 6.51. The number of benzene rings is 1. The first kappa shape index (κ1) is 23.7. The number of amides is 1. The van der Waals surface area contributed by atoms with Gasteiger partial charge in [-0.2, -0.15) is 0 Å². The summed E-state index contributed by atoms with van der Waals surface area (Å²) < 4.78 is 0. The zero-order valence-corrected chi connectivity index (χ0v) is 19.7. The van der Waals surface area contributed by atoms with Crippen LogP contribution in [-0.2, 0) is 19.2 Å². The van der Waals surface area contributed by atoms with E-state index in [1.165, 1.54) is 0 Å². The van der Waals surface area contributed by atoms with Crippen LogP contribution in [0.3, 0.4) is 0 Å². The van der Waals surface area contributed by atoms with Gasteiger partial charge in [-0.25, -0.2) is 0 Å². The van der Waals surface area contributed by atoms with E-state index in [0.717, 1.165) is 28.0 Å². The summed E-state index contributed by atoms with van der Waals surface area (Å²) in [6.45, 7) is 10.3. The number of oxime groups is 1. The summed E-state index contributed by atoms with van der Waals surface area (Å²) in [4.78, 5) is 45.7. The number of Topliss-reactive ketones (excluding diaryl/α,β-unsaturated/α-hetero) is 2. The minimum Gasteiger partial charge on any atom is -0.386 e. The molecular weight excluding hydrogens is 404 g/mol. The van der Waals surface area contributed by atoms with Crippen molar-refractivity contribution in [2.45, 2.75) is 66.2 Å². The van der Waals surface area contributed by atoms with Crippen LogP contribution in [0.15, 0.2) is 17.3 Å². The monoisotopic (exact) mass is 436 g/mol. The van der Waals surface area contributed by atoms with Crippen molar-refractivity contribution in [3.8, 4) is 11.8 Å². The molecule has 1 aromatic carbocycles. The highest BCUT2D eigenvalue weighted by Crippen LogP contribution is 2.46. The van der Waals surface area contributed by atoms with Crippen LogP contribution in [0.25, 0.3) is 0 Å². The SMILES string of the molecule is CC#Cc1cc(C)c(C2C(=O)CC3(CCN(C(=O)CON=C(C)C)CC3)CC2=O)c(C)c1. The van der Waals surface area contributed by atoms with Gasteiger partial charge in [-0.1, -0.05) is 11.1 Å². The quantitative estimate of drug-likeness (QED) is 0.312. The van der Waals surface area contributed by atoms with E-state index >= 15 is 0 Å². The Morgan fingerprint density at radius 3 is 2.19 bits per heavy atom. The average Bonchev–Trinajstić information content (AvgIpc) is 2.70. The molecule has 0 atom stereocenters. The Balaban J connectivity index is 1.69. The van der Waals surface area contributed by atoms with Crippen molar-refractivity contribution in [2.75, 3.05) is 19.7 Å². The van der Waals surface area contributed by atoms with Crippen LogP contribution in [0.5, 0.6) is 0 Å². The fourth-order valence-corrected chi connectivity index (χ4v) is 5.05. The van der Waals surface area contributed by atoms with Crippen LogP contribution >= 0.6 is 0 Å². The molecule has 1 amide bonds. The summed E-state index contributed by atoms with van der Waals surface area (Å²) in [5.41, 5.74) is 4.04. The summed E-state index contributed by atoms with van der Waals surface area (Å²) >= 11 is 0. The molecule has 170 valence electrons. The van der Waals surface area contributed by atoms with Gasteiger partial charge in [-0.3, -0.25) is 14.4 Å². The topological polar surface area (TPSA) is 76.0 Å². The Kier molecular flexibility index (Phi) is 7.18. The number of aryl methyl sites for hydroxylation is 2. The van der Waals surface area contributed by atoms with Crippen LogP contribution in [-0.4, -0.2) is 47.8 Å². The van der Waals surface area contributed by atoms with E-state index in [0.29, 0.717) is 38.8 Å². The van der Waals surface area contributed by atoms with Crippen molar-refractivity contribution in [3.63, 3.8) is 0 Å². The molecule has 2 aliphatic rings. The van der Waals surface area contributed by atoms with Gasteiger partial charge in [0.1, 0.15) is 17.5 Å². The molecule has 1 saturated carbocycles. The number of ketones is 2. The molecule has 6 heteroatoms. The molecule has 1 spiro atoms. The number of piperidine rings is 1. The third kappa shape index (κ3) is 5.09. The van der Waals surface area contributed by atoms with Gasteiger partial charge >= 0.3 is 0 Å². The highest BCUT2D eigenvalue weighted by molar-refractivity contribution is 6.10. The minimum atomic E-state index is -0.688. The van der Waals surface area contributed by atoms with E-state index in [2.05, 4.69) is 17.0 Å². The van der Waals surface area contributed by atoms with E-state index in [1.54, 1.807) is 25.7 Å². The van der Waals surface area contributed by atoms with Crippen molar-refractivity contribution < 1.29 is 19.2 Å². The second kappa shape index (κ2) is 9.68. The number of likely N-dealkylation sites (tertiary alicyclic amines) is 1. The average molecular weight is 437 g/mol. The standard InChI is InChI=1S/C26H32N2O4/c1-6-7-20-12-18(4)24(19(5)13-20)25-21(29)14-26(15-22(25)30)8-10-28(11-9-26)23(31)16-32-27-17(2)3/h12-13,25H,8-11,14-16H2,1-5H3. The van der Waals surface area contributed by atoms with Gasteiger partial charge in [0.15, 0.2) is 6.61 Å². The highest BCUT2D eigenvalue weighted by atomic mass is 16.6. The second-order valence-electron chi connectivity index (χ2n) is 9.31. The lowest BCUT2D eigenvalue weighted by Gasteiger charge is -2.44. The van der Waals surface area contributed by atoms with Gasteiger partial charge in [0.05, 0.1) is 5.71 Å². The Morgan fingerprint density at radius 1 is 1.12 bits per heavy atom. The maximum Gasteiger partial charge on any atom is 0.263 e. The first-order valence-electron chi connectivity index (χ1n) is 11.2. The van der Waals surface area contributed by atoms with Crippen molar-refractivity contribution in [1.29, 1.82) is 0 Å². The molecule has 1 saturated heterocycles. The molecule has 32 heavy (non-hydrogen) atoms. The first-order valence-corrected chi connectivity index (χ1v) is 11.2. The number of carbonyl (C=O) groups is 3. The van der Waals surface area contributed by atoms with E-state index in [9.17, 15) is 14.4 Å². The van der Waals surface area contributed by atoms with Gasteiger partial charge in [0, 0.05) is 31.5 Å². The highest BCUT2D eigenvalue weighted by Gasteiger charge is 2.47. The largest absolute Gasteiger partial charge is 0.386 e. The van der Waals surface area contributed by atoms with Crippen molar-refractivity contribution in [2.24, 2.45) is 10.6 Å². The molecule has 1 aliphatic heterocycles. The van der Waals surface area contributed by atoms with Crippen molar-refractivity contribution >= 4 is 23.2 Å². The number of rotatable bonds is 4. The van der Waals surface area contributed by atoms with Crippen LogP contribution < -0.4 is 0 Å². The molecule has 1 aliphatic carbocycles. The Labute approximate surface area is 190 Å². The second-order valence-corrected chi connectivity index (χ2v) is 9.31. The van der Waals surface area contributed by atoms with Gasteiger partial charge in [-0.05, 0) is 81.7 Å². The maximum absolute atomic E-state index is 13.3. The van der Waals surface area contributed by atoms with Gasteiger partial charge < -0.3 is 9.74 Å². The lowest BCUT2D eigenvalue weighted by atomic mass is 9.62. The molecule has 0 radical (unpaired) electrons. The molecule has 0 bridgehead atoms. The van der Waals surface area contributed by atoms with Crippen LogP contribution in [0.4, 0.5) is 0 Å². The summed E-state index contributed by atoms with van der Waals surface area (Å²) in [5.74, 6) is 5.14. The normalized spacial score (nSPS) is 18.2. The minimum absolute atomic E-state index is 0.00218. The molecule has 0 N–H and O–H groups in total. The fraction of sp³-hybridized carbons (Fsp3) is 0.538. The lowest BCUT2D eigenvalue weighted by Crippen LogP contribution is -2.49. The Bertz CT molecular complexity index is 973. The lowest BCUT2D eigenvalue weighted by molar-refractivity contribution is -0.142. The summed E-state index contributed by atoms with van der Waals surface area (Å²) in [6, 6.07) is 3.92. The number of carbonyl (C=O) groups excluding carboxylic acids is 3. The zero-order valence-electron chi connectivity index (χ0n) is 19.7. The van der Waals surface area contributed by atoms with Gasteiger partial charge in [0.25, 0.3) is 5.91 Å². The number of hydrogen-bond donors (Lipinski definition) is 0. The smallest absolute Gasteiger partial charge is 0.263 e. The van der Waals surface area contributed by atoms with Crippen molar-refractivity contribution in [3.05, 3.63) is 34.4 Å². The van der Waals surface area contributed by atoms with E-state index in [4.69, 9.17) is 4.84 Å². The number of hydrogen-bond acceptors (Lipinski definition) is 5. The summed E-state index contributed by atoms with van der Waals surface area (Å²) in [6.07, 6.45) is 2.08. The zero-order chi connectivity index (χ0) is 23.5. The summed E-state index contributed by atoms with van der Waals surface area (Å²) in [7, 11) is 0. The van der Waals surface area contributed by atoms with Crippen molar-refractivity contribution in [1.82, 2.24) is 4.90 Å².